The molecule has 0 atom stereocenters. The quantitative estimate of drug-likeness (QED) is 0.862. The number of carbonyl (C=O) groups excluding carboxylic acids is 2. The summed E-state index contributed by atoms with van der Waals surface area (Å²) in [5.74, 6) is -2.88. The van der Waals surface area contributed by atoms with Crippen molar-refractivity contribution in [1.82, 2.24) is 0 Å². The van der Waals surface area contributed by atoms with Crippen molar-refractivity contribution in [3.8, 4) is 0 Å². The number of rotatable bonds is 4. The molecular formula is C12H10BrF2NO3. The van der Waals surface area contributed by atoms with Gasteiger partial charge in [0.15, 0.2) is 12.4 Å². The van der Waals surface area contributed by atoms with Gasteiger partial charge >= 0.3 is 5.97 Å². The highest BCUT2D eigenvalue weighted by Crippen LogP contribution is 2.30. The number of carbonyl (C=O) groups is 2. The van der Waals surface area contributed by atoms with E-state index in [0.29, 0.717) is 6.07 Å². The number of hydrogen-bond donors (Lipinski definition) is 1. The van der Waals surface area contributed by atoms with E-state index in [2.05, 4.69) is 21.2 Å². The third kappa shape index (κ3) is 3.73. The van der Waals surface area contributed by atoms with Gasteiger partial charge in [0.2, 0.25) is 0 Å². The van der Waals surface area contributed by atoms with E-state index in [4.69, 9.17) is 4.74 Å². The maximum Gasteiger partial charge on any atom is 0.309 e. The largest absolute Gasteiger partial charge is 0.455 e. The van der Waals surface area contributed by atoms with Crippen molar-refractivity contribution in [3.05, 3.63) is 28.2 Å². The first-order valence-corrected chi connectivity index (χ1v) is 6.37. The molecule has 0 spiro atoms. The standard InChI is InChI=1S/C12H10BrF2NO3/c13-8-3-7(14)4-9(15)11(8)16-10(17)5-19-12(18)6-1-2-6/h3-4,6H,1-2,5H2,(H,16,17). The first-order valence-electron chi connectivity index (χ1n) is 5.58. The normalized spacial score (nSPS) is 14.1. The molecule has 0 unspecified atom stereocenters. The SMILES string of the molecule is O=C(COC(=O)C1CC1)Nc1c(F)cc(F)cc1Br. The van der Waals surface area contributed by atoms with Crippen LogP contribution in [0.2, 0.25) is 0 Å². The van der Waals surface area contributed by atoms with Crippen molar-refractivity contribution in [3.63, 3.8) is 0 Å². The maximum absolute atomic E-state index is 13.4. The Kier molecular flexibility index (Phi) is 4.14. The fraction of sp³-hybridized carbons (Fsp3) is 0.333. The summed E-state index contributed by atoms with van der Waals surface area (Å²) in [7, 11) is 0. The predicted molar refractivity (Wildman–Crippen MR) is 66.4 cm³/mol. The zero-order chi connectivity index (χ0) is 14.0. The molecule has 0 heterocycles. The highest BCUT2D eigenvalue weighted by molar-refractivity contribution is 9.10. The summed E-state index contributed by atoms with van der Waals surface area (Å²) < 4.78 is 31.1. The van der Waals surface area contributed by atoms with E-state index in [9.17, 15) is 18.4 Å². The molecule has 0 aliphatic heterocycles. The van der Waals surface area contributed by atoms with E-state index in [-0.39, 0.29) is 16.1 Å². The molecule has 0 radical (unpaired) electrons. The van der Waals surface area contributed by atoms with Gasteiger partial charge in [-0.1, -0.05) is 0 Å². The Bertz CT molecular complexity index is 509. The summed E-state index contributed by atoms with van der Waals surface area (Å²) in [4.78, 5) is 22.7. The lowest BCUT2D eigenvalue weighted by molar-refractivity contribution is -0.148. The number of benzene rings is 1. The predicted octanol–water partition coefficient (Wildman–Crippen LogP) is 2.62. The van der Waals surface area contributed by atoms with Crippen LogP contribution in [0.15, 0.2) is 16.6 Å². The zero-order valence-corrected chi connectivity index (χ0v) is 11.3. The summed E-state index contributed by atoms with van der Waals surface area (Å²) in [6.45, 7) is -0.488. The Morgan fingerprint density at radius 2 is 2.05 bits per heavy atom. The van der Waals surface area contributed by atoms with Crippen LogP contribution in [0.1, 0.15) is 12.8 Å². The van der Waals surface area contributed by atoms with Crippen LogP contribution in [0.5, 0.6) is 0 Å². The summed E-state index contributed by atoms with van der Waals surface area (Å²) in [6.07, 6.45) is 1.55. The van der Waals surface area contributed by atoms with Crippen LogP contribution in [0.4, 0.5) is 14.5 Å². The van der Waals surface area contributed by atoms with E-state index in [1.54, 1.807) is 0 Å². The first kappa shape index (κ1) is 13.9. The van der Waals surface area contributed by atoms with Gasteiger partial charge in [0.1, 0.15) is 5.82 Å². The molecular weight excluding hydrogens is 324 g/mol. The van der Waals surface area contributed by atoms with Gasteiger partial charge in [-0.2, -0.15) is 0 Å². The average Bonchev–Trinajstić information content (AvgIpc) is 3.14. The van der Waals surface area contributed by atoms with Crippen LogP contribution < -0.4 is 5.32 Å². The smallest absolute Gasteiger partial charge is 0.309 e. The minimum Gasteiger partial charge on any atom is -0.455 e. The van der Waals surface area contributed by atoms with E-state index >= 15 is 0 Å². The molecule has 1 N–H and O–H groups in total. The van der Waals surface area contributed by atoms with Crippen molar-refractivity contribution in [2.75, 3.05) is 11.9 Å². The van der Waals surface area contributed by atoms with Crippen LogP contribution in [-0.2, 0) is 14.3 Å². The van der Waals surface area contributed by atoms with E-state index in [1.807, 2.05) is 0 Å². The molecule has 4 nitrogen and oxygen atoms in total. The Morgan fingerprint density at radius 1 is 1.37 bits per heavy atom. The Morgan fingerprint density at radius 3 is 2.63 bits per heavy atom. The highest BCUT2D eigenvalue weighted by Gasteiger charge is 2.31. The van der Waals surface area contributed by atoms with Gasteiger partial charge < -0.3 is 10.1 Å². The summed E-state index contributed by atoms with van der Waals surface area (Å²) in [5.41, 5.74) is -0.186. The topological polar surface area (TPSA) is 55.4 Å². The van der Waals surface area contributed by atoms with Gasteiger partial charge in [-0.25, -0.2) is 8.78 Å². The Hall–Kier alpha value is -1.50. The average molecular weight is 334 g/mol. The van der Waals surface area contributed by atoms with Gasteiger partial charge in [-0.15, -0.1) is 0 Å². The minimum atomic E-state index is -0.909. The van der Waals surface area contributed by atoms with Crippen molar-refractivity contribution in [1.29, 1.82) is 0 Å². The lowest BCUT2D eigenvalue weighted by atomic mass is 10.3. The number of ether oxygens (including phenoxy) is 1. The lowest BCUT2D eigenvalue weighted by Crippen LogP contribution is -2.22. The molecule has 2 rings (SSSR count). The van der Waals surface area contributed by atoms with Gasteiger partial charge in [-0.05, 0) is 34.8 Å². The summed E-state index contributed by atoms with van der Waals surface area (Å²) in [6, 6.07) is 1.67. The summed E-state index contributed by atoms with van der Waals surface area (Å²) >= 11 is 2.94. The number of anilines is 1. The number of amides is 1. The minimum absolute atomic E-state index is 0.0758. The monoisotopic (exact) mass is 333 g/mol. The molecule has 1 aliphatic carbocycles. The number of hydrogen-bond acceptors (Lipinski definition) is 3. The van der Waals surface area contributed by atoms with E-state index < -0.39 is 30.1 Å². The van der Waals surface area contributed by atoms with E-state index in [1.165, 1.54) is 0 Å². The fourth-order valence-electron chi connectivity index (χ4n) is 1.41. The maximum atomic E-state index is 13.4. The Labute approximate surface area is 116 Å². The molecule has 102 valence electrons. The number of halogens is 3. The molecule has 1 saturated carbocycles. The van der Waals surface area contributed by atoms with Crippen molar-refractivity contribution in [2.24, 2.45) is 5.92 Å². The highest BCUT2D eigenvalue weighted by atomic mass is 79.9. The second kappa shape index (κ2) is 5.64. The van der Waals surface area contributed by atoms with Gasteiger partial charge in [0.05, 0.1) is 11.6 Å². The fourth-order valence-corrected chi connectivity index (χ4v) is 1.92. The first-order chi connectivity index (χ1) is 8.97. The van der Waals surface area contributed by atoms with Crippen LogP contribution in [0.3, 0.4) is 0 Å². The lowest BCUT2D eigenvalue weighted by Gasteiger charge is -2.09. The number of esters is 1. The molecule has 1 amide bonds. The molecule has 0 saturated heterocycles. The van der Waals surface area contributed by atoms with Crippen molar-refractivity contribution >= 4 is 33.5 Å². The molecule has 19 heavy (non-hydrogen) atoms. The Balaban J connectivity index is 1.93. The van der Waals surface area contributed by atoms with Crippen LogP contribution in [0.25, 0.3) is 0 Å². The van der Waals surface area contributed by atoms with Crippen LogP contribution >= 0.6 is 15.9 Å². The molecule has 1 aliphatic rings. The van der Waals surface area contributed by atoms with Crippen molar-refractivity contribution < 1.29 is 23.1 Å². The molecule has 1 aromatic rings. The molecule has 0 bridgehead atoms. The van der Waals surface area contributed by atoms with Crippen LogP contribution in [-0.4, -0.2) is 18.5 Å². The number of nitrogens with one attached hydrogen (secondary N) is 1. The molecule has 1 aromatic carbocycles. The van der Waals surface area contributed by atoms with Gasteiger partial charge in [-0.3, -0.25) is 9.59 Å². The summed E-state index contributed by atoms with van der Waals surface area (Å²) in [5, 5.41) is 2.22. The molecule has 1 fully saturated rings. The third-order valence-electron chi connectivity index (χ3n) is 2.53. The van der Waals surface area contributed by atoms with E-state index in [0.717, 1.165) is 18.9 Å². The molecule has 7 heteroatoms. The van der Waals surface area contributed by atoms with Gasteiger partial charge in [0, 0.05) is 10.5 Å². The zero-order valence-electron chi connectivity index (χ0n) is 9.71. The van der Waals surface area contributed by atoms with Crippen LogP contribution in [0, 0.1) is 17.6 Å². The third-order valence-corrected chi connectivity index (χ3v) is 3.15. The van der Waals surface area contributed by atoms with Crippen molar-refractivity contribution in [2.45, 2.75) is 12.8 Å². The second-order valence-electron chi connectivity index (χ2n) is 4.17. The van der Waals surface area contributed by atoms with Gasteiger partial charge in [0.25, 0.3) is 5.91 Å². The molecule has 0 aromatic heterocycles. The second-order valence-corrected chi connectivity index (χ2v) is 5.03.